The average Bonchev–Trinajstić information content (AvgIpc) is 2.33. The van der Waals surface area contributed by atoms with Gasteiger partial charge in [-0.3, -0.25) is 9.59 Å². The molecule has 4 N–H and O–H groups in total. The normalized spacial score (nSPS) is 11.7. The SMILES string of the molecule is NC(=O)CCC(NC(=O)c1ccc(F)cc1F)C(=O)O. The van der Waals surface area contributed by atoms with Crippen molar-refractivity contribution in [1.29, 1.82) is 0 Å². The number of aliphatic carboxylic acids is 1. The fourth-order valence-corrected chi connectivity index (χ4v) is 1.45. The molecule has 0 saturated carbocycles. The van der Waals surface area contributed by atoms with Crippen molar-refractivity contribution in [2.45, 2.75) is 18.9 Å². The lowest BCUT2D eigenvalue weighted by Gasteiger charge is -2.14. The molecule has 0 spiro atoms. The number of nitrogens with two attached hydrogens (primary N) is 1. The van der Waals surface area contributed by atoms with Gasteiger partial charge in [-0.2, -0.15) is 0 Å². The zero-order chi connectivity index (χ0) is 15.3. The molecule has 0 saturated heterocycles. The number of carbonyl (C=O) groups is 3. The third-order valence-electron chi connectivity index (χ3n) is 2.46. The summed E-state index contributed by atoms with van der Waals surface area (Å²) in [6.45, 7) is 0. The molecule has 0 radical (unpaired) electrons. The van der Waals surface area contributed by atoms with E-state index >= 15 is 0 Å². The van der Waals surface area contributed by atoms with E-state index < -0.39 is 41.0 Å². The van der Waals surface area contributed by atoms with Gasteiger partial charge in [-0.05, 0) is 18.6 Å². The second-order valence-electron chi connectivity index (χ2n) is 3.99. The van der Waals surface area contributed by atoms with Crippen LogP contribution in [0.15, 0.2) is 18.2 Å². The molecule has 0 bridgehead atoms. The van der Waals surface area contributed by atoms with Crippen molar-refractivity contribution in [2.75, 3.05) is 0 Å². The molecule has 6 nitrogen and oxygen atoms in total. The topological polar surface area (TPSA) is 109 Å². The highest BCUT2D eigenvalue weighted by molar-refractivity contribution is 5.96. The van der Waals surface area contributed by atoms with Crippen molar-refractivity contribution in [1.82, 2.24) is 5.32 Å². The number of hydrogen-bond acceptors (Lipinski definition) is 3. The third kappa shape index (κ3) is 4.30. The number of rotatable bonds is 6. The van der Waals surface area contributed by atoms with Crippen molar-refractivity contribution < 1.29 is 28.3 Å². The number of hydrogen-bond donors (Lipinski definition) is 3. The maximum atomic E-state index is 13.3. The molecule has 0 aromatic heterocycles. The van der Waals surface area contributed by atoms with Gasteiger partial charge >= 0.3 is 5.97 Å². The van der Waals surface area contributed by atoms with Gasteiger partial charge in [-0.15, -0.1) is 0 Å². The Hall–Kier alpha value is -2.51. The quantitative estimate of drug-likeness (QED) is 0.703. The average molecular weight is 286 g/mol. The summed E-state index contributed by atoms with van der Waals surface area (Å²) in [6.07, 6.45) is -0.470. The molecule has 1 aromatic carbocycles. The number of amides is 2. The molecule has 0 aliphatic carbocycles. The summed E-state index contributed by atoms with van der Waals surface area (Å²) in [5.74, 6) is -5.09. The zero-order valence-corrected chi connectivity index (χ0v) is 10.2. The van der Waals surface area contributed by atoms with Crippen LogP contribution in [0.4, 0.5) is 8.78 Å². The minimum Gasteiger partial charge on any atom is -0.480 e. The molecular weight excluding hydrogens is 274 g/mol. The van der Waals surface area contributed by atoms with Crippen LogP contribution in [0.25, 0.3) is 0 Å². The smallest absolute Gasteiger partial charge is 0.326 e. The molecule has 0 aliphatic heterocycles. The van der Waals surface area contributed by atoms with Gasteiger partial charge in [0, 0.05) is 12.5 Å². The Kier molecular flexibility index (Phi) is 5.13. The molecule has 0 heterocycles. The second kappa shape index (κ2) is 6.60. The number of carbonyl (C=O) groups excluding carboxylic acids is 2. The monoisotopic (exact) mass is 286 g/mol. The molecule has 0 aliphatic rings. The number of nitrogens with one attached hydrogen (secondary N) is 1. The van der Waals surface area contributed by atoms with Crippen LogP contribution in [0.1, 0.15) is 23.2 Å². The van der Waals surface area contributed by atoms with Crippen LogP contribution in [0.5, 0.6) is 0 Å². The van der Waals surface area contributed by atoms with Gasteiger partial charge in [0.15, 0.2) is 0 Å². The number of halogens is 2. The first-order valence-electron chi connectivity index (χ1n) is 5.58. The van der Waals surface area contributed by atoms with Crippen molar-refractivity contribution in [3.05, 3.63) is 35.4 Å². The molecule has 1 unspecified atom stereocenters. The minimum atomic E-state index is -1.39. The molecule has 0 fully saturated rings. The molecule has 1 aromatic rings. The highest BCUT2D eigenvalue weighted by atomic mass is 19.1. The van der Waals surface area contributed by atoms with Crippen LogP contribution >= 0.6 is 0 Å². The Morgan fingerprint density at radius 2 is 1.95 bits per heavy atom. The molecule has 1 atom stereocenters. The van der Waals surface area contributed by atoms with E-state index in [1.807, 2.05) is 5.32 Å². The summed E-state index contributed by atoms with van der Waals surface area (Å²) in [4.78, 5) is 33.2. The first-order chi connectivity index (χ1) is 9.31. The van der Waals surface area contributed by atoms with Crippen molar-refractivity contribution in [2.24, 2.45) is 5.73 Å². The van der Waals surface area contributed by atoms with E-state index in [9.17, 15) is 23.2 Å². The van der Waals surface area contributed by atoms with E-state index in [0.29, 0.717) is 6.07 Å². The summed E-state index contributed by atoms with van der Waals surface area (Å²) in [7, 11) is 0. The molecular formula is C12H12F2N2O4. The summed E-state index contributed by atoms with van der Waals surface area (Å²) in [5, 5.41) is 10.9. The van der Waals surface area contributed by atoms with E-state index in [0.717, 1.165) is 12.1 Å². The van der Waals surface area contributed by atoms with Gasteiger partial charge in [-0.25, -0.2) is 13.6 Å². The van der Waals surface area contributed by atoms with Crippen LogP contribution in [0.2, 0.25) is 0 Å². The van der Waals surface area contributed by atoms with E-state index in [4.69, 9.17) is 10.8 Å². The Morgan fingerprint density at radius 1 is 1.30 bits per heavy atom. The first kappa shape index (κ1) is 15.5. The first-order valence-corrected chi connectivity index (χ1v) is 5.58. The minimum absolute atomic E-state index is 0.223. The molecule has 20 heavy (non-hydrogen) atoms. The second-order valence-corrected chi connectivity index (χ2v) is 3.99. The van der Waals surface area contributed by atoms with Crippen molar-refractivity contribution >= 4 is 17.8 Å². The summed E-state index contributed by atoms with van der Waals surface area (Å²) in [5.41, 5.74) is 4.39. The van der Waals surface area contributed by atoms with Crippen molar-refractivity contribution in [3.63, 3.8) is 0 Å². The number of primary amides is 1. The van der Waals surface area contributed by atoms with E-state index in [2.05, 4.69) is 0 Å². The van der Waals surface area contributed by atoms with E-state index in [1.54, 1.807) is 0 Å². The Balaban J connectivity index is 2.80. The van der Waals surface area contributed by atoms with Gasteiger partial charge in [-0.1, -0.05) is 0 Å². The third-order valence-corrected chi connectivity index (χ3v) is 2.46. The van der Waals surface area contributed by atoms with Gasteiger partial charge in [0.1, 0.15) is 17.7 Å². The lowest BCUT2D eigenvalue weighted by molar-refractivity contribution is -0.139. The number of benzene rings is 1. The molecule has 2 amide bonds. The van der Waals surface area contributed by atoms with Gasteiger partial charge < -0.3 is 16.2 Å². The van der Waals surface area contributed by atoms with Crippen LogP contribution in [-0.2, 0) is 9.59 Å². The van der Waals surface area contributed by atoms with Crippen molar-refractivity contribution in [3.8, 4) is 0 Å². The zero-order valence-electron chi connectivity index (χ0n) is 10.2. The molecule has 1 rings (SSSR count). The highest BCUT2D eigenvalue weighted by Crippen LogP contribution is 2.10. The lowest BCUT2D eigenvalue weighted by Crippen LogP contribution is -2.41. The van der Waals surface area contributed by atoms with Crippen LogP contribution in [0.3, 0.4) is 0 Å². The predicted molar refractivity (Wildman–Crippen MR) is 63.7 cm³/mol. The largest absolute Gasteiger partial charge is 0.480 e. The summed E-state index contributed by atoms with van der Waals surface area (Å²) >= 11 is 0. The van der Waals surface area contributed by atoms with E-state index in [-0.39, 0.29) is 12.8 Å². The van der Waals surface area contributed by atoms with Crippen LogP contribution in [0, 0.1) is 11.6 Å². The predicted octanol–water partition coefficient (Wildman–Crippen LogP) is 0.413. The van der Waals surface area contributed by atoms with Crippen LogP contribution < -0.4 is 11.1 Å². The lowest BCUT2D eigenvalue weighted by atomic mass is 10.1. The highest BCUT2D eigenvalue weighted by Gasteiger charge is 2.22. The Labute approximate surface area is 112 Å². The Bertz CT molecular complexity index is 548. The molecule has 108 valence electrons. The van der Waals surface area contributed by atoms with Gasteiger partial charge in [0.25, 0.3) is 5.91 Å². The Morgan fingerprint density at radius 3 is 2.45 bits per heavy atom. The summed E-state index contributed by atoms with van der Waals surface area (Å²) < 4.78 is 26.0. The van der Waals surface area contributed by atoms with E-state index in [1.165, 1.54) is 0 Å². The summed E-state index contributed by atoms with van der Waals surface area (Å²) in [6, 6.07) is 0.887. The fraction of sp³-hybridized carbons (Fsp3) is 0.250. The van der Waals surface area contributed by atoms with Gasteiger partial charge in [0.05, 0.1) is 5.56 Å². The maximum Gasteiger partial charge on any atom is 0.326 e. The molecule has 8 heteroatoms. The van der Waals surface area contributed by atoms with Crippen LogP contribution in [-0.4, -0.2) is 28.9 Å². The maximum absolute atomic E-state index is 13.3. The number of carboxylic acids is 1. The standard InChI is InChI=1S/C12H12F2N2O4/c13-6-1-2-7(8(14)5-6)11(18)16-9(12(19)20)3-4-10(15)17/h1-2,5,9H,3-4H2,(H2,15,17)(H,16,18)(H,19,20). The van der Waals surface area contributed by atoms with Gasteiger partial charge in [0.2, 0.25) is 5.91 Å². The number of carboxylic acid groups (broad SMARTS) is 1. The fourth-order valence-electron chi connectivity index (χ4n) is 1.45.